The van der Waals surface area contributed by atoms with Crippen molar-refractivity contribution in [2.45, 2.75) is 26.8 Å². The zero-order valence-electron chi connectivity index (χ0n) is 12.0. The number of ether oxygens (including phenoxy) is 2. The predicted octanol–water partition coefficient (Wildman–Crippen LogP) is 3.50. The van der Waals surface area contributed by atoms with Crippen LogP contribution in [0.5, 0.6) is 5.75 Å². The van der Waals surface area contributed by atoms with Crippen molar-refractivity contribution in [1.29, 1.82) is 0 Å². The molecule has 0 aliphatic heterocycles. The van der Waals surface area contributed by atoms with Crippen LogP contribution in [-0.4, -0.2) is 26.9 Å². The van der Waals surface area contributed by atoms with Gasteiger partial charge in [0.05, 0.1) is 11.6 Å². The largest absolute Gasteiger partial charge is 0.492 e. The fourth-order valence-electron chi connectivity index (χ4n) is 1.73. The molecule has 4 heteroatoms. The molecule has 0 aliphatic carbocycles. The molecule has 0 heterocycles. The maximum absolute atomic E-state index is 6.20. The number of nitrogens with one attached hydrogen (secondary N) is 1. The molecule has 0 radical (unpaired) electrons. The lowest BCUT2D eigenvalue weighted by Crippen LogP contribution is -2.19. The van der Waals surface area contributed by atoms with Gasteiger partial charge in [-0.05, 0) is 18.5 Å². The summed E-state index contributed by atoms with van der Waals surface area (Å²) in [7, 11) is 1.69. The number of rotatable bonds is 9. The summed E-state index contributed by atoms with van der Waals surface area (Å²) in [6, 6.07) is 5.86. The molecule has 0 aromatic heterocycles. The quantitative estimate of drug-likeness (QED) is 0.705. The minimum Gasteiger partial charge on any atom is -0.492 e. The summed E-state index contributed by atoms with van der Waals surface area (Å²) in [6.07, 6.45) is 0.862. The van der Waals surface area contributed by atoms with E-state index < -0.39 is 0 Å². The molecule has 19 heavy (non-hydrogen) atoms. The molecule has 0 fully saturated rings. The average Bonchev–Trinajstić information content (AvgIpc) is 2.36. The monoisotopic (exact) mass is 285 g/mol. The zero-order valence-corrected chi connectivity index (χ0v) is 12.8. The van der Waals surface area contributed by atoms with Crippen LogP contribution in [0.25, 0.3) is 0 Å². The van der Waals surface area contributed by atoms with Gasteiger partial charge < -0.3 is 14.8 Å². The number of benzene rings is 1. The van der Waals surface area contributed by atoms with Crippen LogP contribution in [0.3, 0.4) is 0 Å². The molecule has 1 aromatic rings. The third-order valence-corrected chi connectivity index (χ3v) is 2.95. The summed E-state index contributed by atoms with van der Waals surface area (Å²) in [5.41, 5.74) is 1.10. The van der Waals surface area contributed by atoms with Crippen molar-refractivity contribution in [3.05, 3.63) is 28.8 Å². The normalized spacial score (nSPS) is 11.0. The lowest BCUT2D eigenvalue weighted by molar-refractivity contribution is 0.172. The molecule has 0 unspecified atom stereocenters. The first kappa shape index (κ1) is 16.3. The van der Waals surface area contributed by atoms with Crippen LogP contribution in [0, 0.1) is 5.92 Å². The Morgan fingerprint density at radius 1 is 1.26 bits per heavy atom. The number of hydrogen-bond donors (Lipinski definition) is 1. The van der Waals surface area contributed by atoms with Crippen LogP contribution in [0.1, 0.15) is 25.8 Å². The maximum Gasteiger partial charge on any atom is 0.142 e. The Hall–Kier alpha value is -0.770. The lowest BCUT2D eigenvalue weighted by atomic mass is 10.2. The van der Waals surface area contributed by atoms with Gasteiger partial charge in [-0.2, -0.15) is 0 Å². The molecule has 108 valence electrons. The molecule has 0 saturated carbocycles. The van der Waals surface area contributed by atoms with Crippen LogP contribution < -0.4 is 10.1 Å². The molecular weight excluding hydrogens is 262 g/mol. The molecule has 0 saturated heterocycles. The van der Waals surface area contributed by atoms with E-state index in [2.05, 4.69) is 19.2 Å². The molecule has 0 atom stereocenters. The van der Waals surface area contributed by atoms with Gasteiger partial charge in [0.1, 0.15) is 5.75 Å². The Morgan fingerprint density at radius 3 is 2.74 bits per heavy atom. The molecule has 0 amide bonds. The highest BCUT2D eigenvalue weighted by molar-refractivity contribution is 6.32. The molecule has 1 N–H and O–H groups in total. The Morgan fingerprint density at radius 2 is 2.05 bits per heavy atom. The number of methoxy groups -OCH3 is 1. The van der Waals surface area contributed by atoms with E-state index in [1.807, 2.05) is 18.2 Å². The van der Waals surface area contributed by atoms with Crippen molar-refractivity contribution in [3.63, 3.8) is 0 Å². The van der Waals surface area contributed by atoms with Crippen molar-refractivity contribution in [3.8, 4) is 5.75 Å². The third-order valence-electron chi connectivity index (χ3n) is 2.66. The van der Waals surface area contributed by atoms with E-state index in [4.69, 9.17) is 21.1 Å². The van der Waals surface area contributed by atoms with Crippen molar-refractivity contribution in [1.82, 2.24) is 5.32 Å². The molecule has 0 spiro atoms. The van der Waals surface area contributed by atoms with Gasteiger partial charge in [0.2, 0.25) is 0 Å². The van der Waals surface area contributed by atoms with Crippen LogP contribution in [-0.2, 0) is 11.3 Å². The van der Waals surface area contributed by atoms with E-state index in [1.54, 1.807) is 7.11 Å². The highest BCUT2D eigenvalue weighted by atomic mass is 35.5. The zero-order chi connectivity index (χ0) is 14.1. The van der Waals surface area contributed by atoms with E-state index in [1.165, 1.54) is 0 Å². The van der Waals surface area contributed by atoms with Gasteiger partial charge in [0.25, 0.3) is 0 Å². The summed E-state index contributed by atoms with van der Waals surface area (Å²) in [5, 5.41) is 4.07. The summed E-state index contributed by atoms with van der Waals surface area (Å²) in [5.74, 6) is 1.42. The molecule has 3 nitrogen and oxygen atoms in total. The van der Waals surface area contributed by atoms with Gasteiger partial charge in [-0.1, -0.05) is 37.6 Å². The van der Waals surface area contributed by atoms with Gasteiger partial charge in [-0.3, -0.25) is 0 Å². The van der Waals surface area contributed by atoms with E-state index in [0.717, 1.165) is 30.8 Å². The minimum atomic E-state index is 0.620. The van der Waals surface area contributed by atoms with Crippen molar-refractivity contribution in [2.24, 2.45) is 5.92 Å². The maximum atomic E-state index is 6.20. The Kier molecular flexibility index (Phi) is 7.87. The average molecular weight is 286 g/mol. The van der Waals surface area contributed by atoms with Gasteiger partial charge >= 0.3 is 0 Å². The first-order chi connectivity index (χ1) is 9.15. The second-order valence-corrected chi connectivity index (χ2v) is 5.35. The van der Waals surface area contributed by atoms with E-state index in [0.29, 0.717) is 24.2 Å². The van der Waals surface area contributed by atoms with Crippen LogP contribution in [0.15, 0.2) is 18.2 Å². The highest BCUT2D eigenvalue weighted by Crippen LogP contribution is 2.28. The van der Waals surface area contributed by atoms with E-state index in [9.17, 15) is 0 Å². The third kappa shape index (κ3) is 6.28. The minimum absolute atomic E-state index is 0.620. The summed E-state index contributed by atoms with van der Waals surface area (Å²) in [4.78, 5) is 0. The predicted molar refractivity (Wildman–Crippen MR) is 80.0 cm³/mol. The van der Waals surface area contributed by atoms with Crippen molar-refractivity contribution < 1.29 is 9.47 Å². The second kappa shape index (κ2) is 9.18. The molecule has 0 aliphatic rings. The van der Waals surface area contributed by atoms with Crippen molar-refractivity contribution in [2.75, 3.05) is 26.9 Å². The molecule has 1 aromatic carbocycles. The molecule has 0 bridgehead atoms. The summed E-state index contributed by atoms with van der Waals surface area (Å²) in [6.45, 7) is 7.45. The number of halogens is 1. The fraction of sp³-hybridized carbons (Fsp3) is 0.600. The smallest absolute Gasteiger partial charge is 0.142 e. The van der Waals surface area contributed by atoms with Gasteiger partial charge in [0, 0.05) is 32.2 Å². The standard InChI is InChI=1S/C15H24ClNO2/c1-12(2)10-17-11-13-6-4-7-14(16)15(13)19-9-5-8-18-3/h4,6-7,12,17H,5,8-11H2,1-3H3. The number of para-hydroxylation sites is 1. The van der Waals surface area contributed by atoms with E-state index in [-0.39, 0.29) is 0 Å². The second-order valence-electron chi connectivity index (χ2n) is 4.95. The van der Waals surface area contributed by atoms with Crippen molar-refractivity contribution >= 4 is 11.6 Å². The topological polar surface area (TPSA) is 30.5 Å². The van der Waals surface area contributed by atoms with Crippen LogP contribution in [0.2, 0.25) is 5.02 Å². The van der Waals surface area contributed by atoms with Crippen LogP contribution in [0.4, 0.5) is 0 Å². The Labute approximate surface area is 121 Å². The van der Waals surface area contributed by atoms with Gasteiger partial charge in [-0.25, -0.2) is 0 Å². The van der Waals surface area contributed by atoms with Gasteiger partial charge in [0.15, 0.2) is 0 Å². The van der Waals surface area contributed by atoms with Gasteiger partial charge in [-0.15, -0.1) is 0 Å². The highest BCUT2D eigenvalue weighted by Gasteiger charge is 2.08. The number of hydrogen-bond acceptors (Lipinski definition) is 3. The summed E-state index contributed by atoms with van der Waals surface area (Å²) < 4.78 is 10.8. The Bertz CT molecular complexity index is 369. The van der Waals surface area contributed by atoms with E-state index >= 15 is 0 Å². The Balaban J connectivity index is 2.56. The SMILES string of the molecule is COCCCOc1c(Cl)cccc1CNCC(C)C. The fourth-order valence-corrected chi connectivity index (χ4v) is 1.98. The molecule has 1 rings (SSSR count). The van der Waals surface area contributed by atoms with Crippen LogP contribution >= 0.6 is 11.6 Å². The first-order valence-electron chi connectivity index (χ1n) is 6.75. The first-order valence-corrected chi connectivity index (χ1v) is 7.12. The summed E-state index contributed by atoms with van der Waals surface area (Å²) >= 11 is 6.20. The molecular formula is C15H24ClNO2. The lowest BCUT2D eigenvalue weighted by Gasteiger charge is -2.14.